The van der Waals surface area contributed by atoms with Crippen LogP contribution in [0.4, 0.5) is 11.8 Å². The van der Waals surface area contributed by atoms with Crippen molar-refractivity contribution in [2.24, 2.45) is 11.1 Å². The van der Waals surface area contributed by atoms with Gasteiger partial charge < -0.3 is 16.4 Å². The number of halogens is 1. The van der Waals surface area contributed by atoms with Crippen LogP contribution in [0.15, 0.2) is 58.8 Å². The van der Waals surface area contributed by atoms with Crippen molar-refractivity contribution in [3.63, 3.8) is 0 Å². The molecule has 0 radical (unpaired) electrons. The lowest BCUT2D eigenvalue weighted by molar-refractivity contribution is 0.186. The quantitative estimate of drug-likeness (QED) is 0.458. The Hall–Kier alpha value is -2.88. The third-order valence-electron chi connectivity index (χ3n) is 7.02. The van der Waals surface area contributed by atoms with E-state index in [9.17, 15) is 0 Å². The zero-order valence-electron chi connectivity index (χ0n) is 17.9. The number of nitrogens with two attached hydrogens (primary N) is 2. The minimum atomic E-state index is 0.0927. The molecule has 6 rings (SSSR count). The van der Waals surface area contributed by atoms with E-state index in [1.165, 1.54) is 22.9 Å². The number of aromatic nitrogens is 5. The van der Waals surface area contributed by atoms with E-state index >= 15 is 0 Å². The monoisotopic (exact) mass is 478 g/mol. The van der Waals surface area contributed by atoms with Gasteiger partial charge in [-0.3, -0.25) is 0 Å². The van der Waals surface area contributed by atoms with Crippen molar-refractivity contribution >= 4 is 40.8 Å². The van der Waals surface area contributed by atoms with Crippen LogP contribution in [0.3, 0.4) is 0 Å². The Morgan fingerprint density at radius 2 is 1.91 bits per heavy atom. The average Bonchev–Trinajstić information content (AvgIpc) is 3.42. The van der Waals surface area contributed by atoms with Gasteiger partial charge in [-0.05, 0) is 41.9 Å². The molecule has 1 saturated heterocycles. The summed E-state index contributed by atoms with van der Waals surface area (Å²) in [6, 6.07) is 10.5. The standard InChI is InChI=1S/C23H23ClN8S/c24-18-16(5-8-27-20(18)26)33-17-12-28-22(32-13-29-30-21(17)32)31-9-6-23(7-10-31)11-14-3-1-2-4-15(14)19(23)25/h1-5,8,12-13,19H,6-7,9-11,25H2,(H2,26,27)/t19-/m1/s1. The molecule has 33 heavy (non-hydrogen) atoms. The minimum absolute atomic E-state index is 0.0927. The highest BCUT2D eigenvalue weighted by Crippen LogP contribution is 2.51. The van der Waals surface area contributed by atoms with Gasteiger partial charge in [-0.25, -0.2) is 14.4 Å². The molecular formula is C23H23ClN8S. The van der Waals surface area contributed by atoms with Crippen molar-refractivity contribution in [3.05, 3.63) is 65.2 Å². The molecule has 8 nitrogen and oxygen atoms in total. The summed E-state index contributed by atoms with van der Waals surface area (Å²) in [5, 5.41) is 8.93. The van der Waals surface area contributed by atoms with E-state index in [2.05, 4.69) is 44.3 Å². The normalized spacial score (nSPS) is 19.3. The summed E-state index contributed by atoms with van der Waals surface area (Å²) in [6.45, 7) is 1.78. The SMILES string of the molecule is Nc1nccc(Sc2cnc(N3CCC4(CC3)Cc3ccccc3[C@H]4N)n3cnnc23)c1Cl. The highest BCUT2D eigenvalue weighted by molar-refractivity contribution is 7.99. The van der Waals surface area contributed by atoms with E-state index in [0.717, 1.165) is 53.7 Å². The summed E-state index contributed by atoms with van der Waals surface area (Å²) in [4.78, 5) is 12.8. The molecule has 1 aliphatic heterocycles. The van der Waals surface area contributed by atoms with Crippen LogP contribution in [-0.4, -0.2) is 37.7 Å². The van der Waals surface area contributed by atoms with Gasteiger partial charge in [0.05, 0.1) is 9.92 Å². The Bertz CT molecular complexity index is 1350. The molecule has 4 aromatic rings. The topological polar surface area (TPSA) is 111 Å². The lowest BCUT2D eigenvalue weighted by atomic mass is 9.73. The Labute approximate surface area is 200 Å². The molecule has 4 heterocycles. The summed E-state index contributed by atoms with van der Waals surface area (Å²) in [5.74, 6) is 1.15. The number of benzene rings is 1. The van der Waals surface area contributed by atoms with Gasteiger partial charge in [-0.2, -0.15) is 0 Å². The zero-order chi connectivity index (χ0) is 22.6. The van der Waals surface area contributed by atoms with Crippen LogP contribution in [0, 0.1) is 5.41 Å². The van der Waals surface area contributed by atoms with E-state index in [4.69, 9.17) is 28.1 Å². The maximum absolute atomic E-state index is 6.74. The molecule has 1 atom stereocenters. The van der Waals surface area contributed by atoms with E-state index < -0.39 is 0 Å². The molecule has 168 valence electrons. The zero-order valence-corrected chi connectivity index (χ0v) is 19.4. The predicted octanol–water partition coefficient (Wildman–Crippen LogP) is 3.75. The Morgan fingerprint density at radius 3 is 2.73 bits per heavy atom. The Balaban J connectivity index is 1.25. The van der Waals surface area contributed by atoms with Gasteiger partial charge in [-0.1, -0.05) is 47.6 Å². The largest absolute Gasteiger partial charge is 0.382 e. The molecule has 4 N–H and O–H groups in total. The number of rotatable bonds is 3. The van der Waals surface area contributed by atoms with E-state index in [1.807, 2.05) is 16.7 Å². The fourth-order valence-corrected chi connectivity index (χ4v) is 6.31. The highest BCUT2D eigenvalue weighted by Gasteiger charge is 2.46. The molecule has 0 saturated carbocycles. The average molecular weight is 479 g/mol. The molecule has 0 unspecified atom stereocenters. The fourth-order valence-electron chi connectivity index (χ4n) is 5.19. The molecule has 1 spiro atoms. The third kappa shape index (κ3) is 3.34. The Morgan fingerprint density at radius 1 is 1.09 bits per heavy atom. The number of hydrogen-bond acceptors (Lipinski definition) is 8. The maximum atomic E-state index is 6.74. The molecule has 3 aromatic heterocycles. The minimum Gasteiger partial charge on any atom is -0.382 e. The highest BCUT2D eigenvalue weighted by atomic mass is 35.5. The van der Waals surface area contributed by atoms with E-state index in [0.29, 0.717) is 10.8 Å². The lowest BCUT2D eigenvalue weighted by Gasteiger charge is -2.42. The number of fused-ring (bicyclic) bond motifs is 2. The van der Waals surface area contributed by atoms with Crippen LogP contribution in [0.2, 0.25) is 5.02 Å². The van der Waals surface area contributed by atoms with Crippen molar-refractivity contribution in [1.29, 1.82) is 0 Å². The number of anilines is 2. The van der Waals surface area contributed by atoms with Gasteiger partial charge in [0.1, 0.15) is 12.1 Å². The molecular weight excluding hydrogens is 456 g/mol. The second-order valence-electron chi connectivity index (χ2n) is 8.76. The first-order valence-corrected chi connectivity index (χ1v) is 12.1. The number of piperidine rings is 1. The Kier molecular flexibility index (Phi) is 4.93. The summed E-state index contributed by atoms with van der Waals surface area (Å²) in [7, 11) is 0. The number of nitrogens with zero attached hydrogens (tertiary/aromatic N) is 6. The third-order valence-corrected chi connectivity index (χ3v) is 8.59. The first-order chi connectivity index (χ1) is 16.1. The molecule has 1 fully saturated rings. The molecule has 1 aliphatic carbocycles. The van der Waals surface area contributed by atoms with Gasteiger partial charge in [0.25, 0.3) is 0 Å². The fraction of sp³-hybridized carbons (Fsp3) is 0.304. The molecule has 2 aliphatic rings. The van der Waals surface area contributed by atoms with Gasteiger partial charge in [-0.15, -0.1) is 10.2 Å². The van der Waals surface area contributed by atoms with Crippen molar-refractivity contribution in [3.8, 4) is 0 Å². The van der Waals surface area contributed by atoms with Gasteiger partial charge >= 0.3 is 0 Å². The number of nitrogen functional groups attached to an aromatic ring is 1. The second kappa shape index (κ2) is 7.86. The van der Waals surface area contributed by atoms with Crippen LogP contribution in [0.25, 0.3) is 5.65 Å². The van der Waals surface area contributed by atoms with Crippen LogP contribution >= 0.6 is 23.4 Å². The van der Waals surface area contributed by atoms with Crippen LogP contribution in [-0.2, 0) is 6.42 Å². The van der Waals surface area contributed by atoms with E-state index in [-0.39, 0.29) is 11.5 Å². The van der Waals surface area contributed by atoms with Gasteiger partial charge in [0, 0.05) is 36.4 Å². The van der Waals surface area contributed by atoms with Crippen LogP contribution < -0.4 is 16.4 Å². The summed E-state index contributed by atoms with van der Waals surface area (Å²) >= 11 is 7.79. The maximum Gasteiger partial charge on any atom is 0.212 e. The van der Waals surface area contributed by atoms with Crippen molar-refractivity contribution < 1.29 is 0 Å². The van der Waals surface area contributed by atoms with Gasteiger partial charge in [0.2, 0.25) is 5.95 Å². The lowest BCUT2D eigenvalue weighted by Crippen LogP contribution is -2.45. The predicted molar refractivity (Wildman–Crippen MR) is 130 cm³/mol. The summed E-state index contributed by atoms with van der Waals surface area (Å²) in [5.41, 5.74) is 16.2. The first kappa shape index (κ1) is 20.7. The molecule has 0 amide bonds. The molecule has 1 aromatic carbocycles. The molecule has 10 heteroatoms. The first-order valence-electron chi connectivity index (χ1n) is 10.9. The van der Waals surface area contributed by atoms with Crippen LogP contribution in [0.1, 0.15) is 30.0 Å². The van der Waals surface area contributed by atoms with Crippen molar-refractivity contribution in [2.75, 3.05) is 23.7 Å². The van der Waals surface area contributed by atoms with Gasteiger partial charge in [0.15, 0.2) is 5.65 Å². The van der Waals surface area contributed by atoms with Crippen LogP contribution in [0.5, 0.6) is 0 Å². The number of pyridine rings is 1. The number of hydrogen-bond donors (Lipinski definition) is 2. The van der Waals surface area contributed by atoms with Crippen molar-refractivity contribution in [1.82, 2.24) is 24.6 Å². The smallest absolute Gasteiger partial charge is 0.212 e. The van der Waals surface area contributed by atoms with E-state index in [1.54, 1.807) is 12.5 Å². The molecule has 0 bridgehead atoms. The summed E-state index contributed by atoms with van der Waals surface area (Å²) < 4.78 is 1.95. The van der Waals surface area contributed by atoms with Crippen molar-refractivity contribution in [2.45, 2.75) is 35.1 Å². The summed E-state index contributed by atoms with van der Waals surface area (Å²) in [6.07, 6.45) is 8.29. The second-order valence-corrected chi connectivity index (χ2v) is 10.2.